The summed E-state index contributed by atoms with van der Waals surface area (Å²) in [6.07, 6.45) is 5.09. The molecule has 3 nitrogen and oxygen atoms in total. The third-order valence-corrected chi connectivity index (χ3v) is 2.48. The Balaban J connectivity index is 2.42. The van der Waals surface area contributed by atoms with Gasteiger partial charge < -0.3 is 5.32 Å². The Bertz CT molecular complexity index is 531. The molecule has 17 heavy (non-hydrogen) atoms. The lowest BCUT2D eigenvalue weighted by molar-refractivity contribution is 0.609. The number of rotatable bonds is 4. The van der Waals surface area contributed by atoms with Gasteiger partial charge in [-0.2, -0.15) is 0 Å². The molecule has 0 fully saturated rings. The highest BCUT2D eigenvalue weighted by molar-refractivity contribution is 5.44. The van der Waals surface area contributed by atoms with Crippen molar-refractivity contribution in [1.29, 1.82) is 0 Å². The van der Waals surface area contributed by atoms with Gasteiger partial charge in [0.25, 0.3) is 0 Å². The fourth-order valence-electron chi connectivity index (χ4n) is 1.61. The molecule has 0 spiro atoms. The number of imidazole rings is 1. The van der Waals surface area contributed by atoms with Gasteiger partial charge in [0.05, 0.1) is 5.69 Å². The molecule has 0 aliphatic rings. The number of halogens is 1. The van der Waals surface area contributed by atoms with E-state index in [1.807, 2.05) is 6.07 Å². The van der Waals surface area contributed by atoms with Crippen molar-refractivity contribution in [2.75, 3.05) is 11.9 Å². The smallest absolute Gasteiger partial charge is 0.207 e. The van der Waals surface area contributed by atoms with Crippen molar-refractivity contribution in [1.82, 2.24) is 9.55 Å². The minimum Gasteiger partial charge on any atom is -0.352 e. The Morgan fingerprint density at radius 3 is 3.12 bits per heavy atom. The van der Waals surface area contributed by atoms with Gasteiger partial charge in [0, 0.05) is 18.9 Å². The van der Waals surface area contributed by atoms with Crippen LogP contribution < -0.4 is 5.32 Å². The molecule has 0 aliphatic carbocycles. The van der Waals surface area contributed by atoms with Gasteiger partial charge in [-0.25, -0.2) is 9.37 Å². The highest BCUT2D eigenvalue weighted by Crippen LogP contribution is 2.20. The van der Waals surface area contributed by atoms with Crippen LogP contribution in [0.25, 0.3) is 5.69 Å². The first-order valence-electron chi connectivity index (χ1n) is 5.37. The molecule has 0 bridgehead atoms. The van der Waals surface area contributed by atoms with Gasteiger partial charge in [-0.3, -0.25) is 4.57 Å². The van der Waals surface area contributed by atoms with E-state index in [1.54, 1.807) is 42.1 Å². The van der Waals surface area contributed by atoms with Crippen molar-refractivity contribution >= 4 is 5.95 Å². The average Bonchev–Trinajstić information content (AvgIpc) is 2.78. The zero-order chi connectivity index (χ0) is 12.3. The molecule has 2 rings (SSSR count). The van der Waals surface area contributed by atoms with E-state index in [1.165, 1.54) is 0 Å². The van der Waals surface area contributed by atoms with E-state index >= 15 is 0 Å². The van der Waals surface area contributed by atoms with Crippen LogP contribution in [0.1, 0.15) is 5.56 Å². The summed E-state index contributed by atoms with van der Waals surface area (Å²) in [6.45, 7) is 5.95. The van der Waals surface area contributed by atoms with Crippen LogP contribution in [-0.2, 0) is 0 Å². The number of aromatic nitrogens is 2. The fourth-order valence-corrected chi connectivity index (χ4v) is 1.61. The van der Waals surface area contributed by atoms with Crippen molar-refractivity contribution in [3.8, 4) is 5.69 Å². The van der Waals surface area contributed by atoms with E-state index in [0.717, 1.165) is 0 Å². The molecule has 4 heteroatoms. The normalized spacial score (nSPS) is 10.2. The quantitative estimate of drug-likeness (QED) is 0.820. The van der Waals surface area contributed by atoms with Crippen molar-refractivity contribution < 1.29 is 4.39 Å². The van der Waals surface area contributed by atoms with Gasteiger partial charge in [0.2, 0.25) is 5.95 Å². The van der Waals surface area contributed by atoms with Crippen LogP contribution in [0.15, 0.2) is 43.2 Å². The van der Waals surface area contributed by atoms with E-state index < -0.39 is 0 Å². The second-order valence-corrected chi connectivity index (χ2v) is 3.70. The lowest BCUT2D eigenvalue weighted by atomic mass is 10.2. The van der Waals surface area contributed by atoms with Gasteiger partial charge in [-0.05, 0) is 18.6 Å². The molecule has 1 aromatic heterocycles. The van der Waals surface area contributed by atoms with Crippen LogP contribution in [0.2, 0.25) is 0 Å². The Labute approximate surface area is 99.6 Å². The van der Waals surface area contributed by atoms with Gasteiger partial charge in [0.15, 0.2) is 0 Å². The van der Waals surface area contributed by atoms with E-state index in [4.69, 9.17) is 0 Å². The van der Waals surface area contributed by atoms with Gasteiger partial charge >= 0.3 is 0 Å². The van der Waals surface area contributed by atoms with Crippen LogP contribution in [0.3, 0.4) is 0 Å². The van der Waals surface area contributed by atoms with Crippen LogP contribution in [0.4, 0.5) is 10.3 Å². The van der Waals surface area contributed by atoms with Gasteiger partial charge in [-0.1, -0.05) is 18.2 Å². The molecule has 0 unspecified atom stereocenters. The first-order chi connectivity index (χ1) is 8.24. The number of nitrogens with one attached hydrogen (secondary N) is 1. The molecule has 0 aliphatic heterocycles. The molecule has 1 N–H and O–H groups in total. The number of nitrogens with zero attached hydrogens (tertiary/aromatic N) is 2. The van der Waals surface area contributed by atoms with E-state index in [0.29, 0.717) is 23.7 Å². The summed E-state index contributed by atoms with van der Waals surface area (Å²) in [7, 11) is 0. The van der Waals surface area contributed by atoms with Gasteiger partial charge in [0.1, 0.15) is 5.82 Å². The first-order valence-corrected chi connectivity index (χ1v) is 5.37. The Kier molecular flexibility index (Phi) is 3.23. The number of hydrogen-bond acceptors (Lipinski definition) is 2. The SMILES string of the molecule is C=CCNc1nccn1-c1cccc(C)c1F. The van der Waals surface area contributed by atoms with Crippen LogP contribution in [0, 0.1) is 12.7 Å². The first kappa shape index (κ1) is 11.4. The minimum atomic E-state index is -0.229. The van der Waals surface area contributed by atoms with Crippen molar-refractivity contribution in [3.63, 3.8) is 0 Å². The van der Waals surface area contributed by atoms with Crippen molar-refractivity contribution in [3.05, 3.63) is 54.6 Å². The summed E-state index contributed by atoms with van der Waals surface area (Å²) in [5.74, 6) is 0.376. The highest BCUT2D eigenvalue weighted by Gasteiger charge is 2.10. The molecule has 0 radical (unpaired) electrons. The predicted octanol–water partition coefficient (Wildman–Crippen LogP) is 2.92. The summed E-state index contributed by atoms with van der Waals surface area (Å²) < 4.78 is 15.7. The molecule has 0 saturated heterocycles. The Hall–Kier alpha value is -2.10. The molecule has 1 heterocycles. The average molecular weight is 231 g/mol. The van der Waals surface area contributed by atoms with E-state index in [9.17, 15) is 4.39 Å². The van der Waals surface area contributed by atoms with Gasteiger partial charge in [-0.15, -0.1) is 6.58 Å². The lowest BCUT2D eigenvalue weighted by Gasteiger charge is -2.10. The summed E-state index contributed by atoms with van der Waals surface area (Å²) in [5.41, 5.74) is 1.11. The van der Waals surface area contributed by atoms with E-state index in [-0.39, 0.29) is 5.82 Å². The third kappa shape index (κ3) is 2.20. The molecule has 88 valence electrons. The van der Waals surface area contributed by atoms with Crippen LogP contribution in [-0.4, -0.2) is 16.1 Å². The summed E-state index contributed by atoms with van der Waals surface area (Å²) in [4.78, 5) is 4.14. The van der Waals surface area contributed by atoms with Crippen LogP contribution >= 0.6 is 0 Å². The molecule has 0 atom stereocenters. The minimum absolute atomic E-state index is 0.229. The number of hydrogen-bond donors (Lipinski definition) is 1. The zero-order valence-corrected chi connectivity index (χ0v) is 9.65. The maximum Gasteiger partial charge on any atom is 0.207 e. The second kappa shape index (κ2) is 4.82. The summed E-state index contributed by atoms with van der Waals surface area (Å²) in [6, 6.07) is 5.29. The Morgan fingerprint density at radius 1 is 1.53 bits per heavy atom. The second-order valence-electron chi connectivity index (χ2n) is 3.70. The third-order valence-electron chi connectivity index (χ3n) is 2.48. The molecule has 0 saturated carbocycles. The molecule has 1 aromatic carbocycles. The van der Waals surface area contributed by atoms with Crippen LogP contribution in [0.5, 0.6) is 0 Å². The number of benzene rings is 1. The number of anilines is 1. The number of aryl methyl sites for hydroxylation is 1. The zero-order valence-electron chi connectivity index (χ0n) is 9.65. The molecular formula is C13H14FN3. The monoisotopic (exact) mass is 231 g/mol. The van der Waals surface area contributed by atoms with Crippen molar-refractivity contribution in [2.45, 2.75) is 6.92 Å². The van der Waals surface area contributed by atoms with E-state index in [2.05, 4.69) is 16.9 Å². The topological polar surface area (TPSA) is 29.9 Å². The fraction of sp³-hybridized carbons (Fsp3) is 0.154. The standard InChI is InChI=1S/C13H14FN3/c1-3-7-15-13-16-8-9-17(13)11-6-4-5-10(2)12(11)14/h3-6,8-9H,1,7H2,2H3,(H,15,16). The summed E-state index contributed by atoms with van der Waals surface area (Å²) >= 11 is 0. The highest BCUT2D eigenvalue weighted by atomic mass is 19.1. The molecule has 0 amide bonds. The van der Waals surface area contributed by atoms with Crippen molar-refractivity contribution in [2.24, 2.45) is 0 Å². The Morgan fingerprint density at radius 2 is 2.35 bits per heavy atom. The lowest BCUT2D eigenvalue weighted by Crippen LogP contribution is -2.07. The molecular weight excluding hydrogens is 217 g/mol. The largest absolute Gasteiger partial charge is 0.352 e. The maximum absolute atomic E-state index is 14.0. The maximum atomic E-state index is 14.0. The summed E-state index contributed by atoms with van der Waals surface area (Å²) in [5, 5.41) is 3.06. The molecule has 2 aromatic rings. The predicted molar refractivity (Wildman–Crippen MR) is 66.9 cm³/mol.